The van der Waals surface area contributed by atoms with E-state index in [9.17, 15) is 36.7 Å². The molecule has 2 unspecified atom stereocenters. The monoisotopic (exact) mass is 729 g/mol. The Kier molecular flexibility index (Phi) is 13.8. The van der Waals surface area contributed by atoms with Crippen molar-refractivity contribution >= 4 is 34.3 Å². The predicted octanol–water partition coefficient (Wildman–Crippen LogP) is 7.04. The second kappa shape index (κ2) is 17.6. The van der Waals surface area contributed by atoms with Crippen molar-refractivity contribution in [2.45, 2.75) is 104 Å². The molecule has 12 heteroatoms. The lowest BCUT2D eigenvalue weighted by atomic mass is 9.72. The minimum absolute atomic E-state index is 0.0158. The lowest BCUT2D eigenvalue weighted by Gasteiger charge is -2.39. The molecule has 52 heavy (non-hydrogen) atoms. The van der Waals surface area contributed by atoms with Crippen LogP contribution < -0.4 is 10.6 Å². The van der Waals surface area contributed by atoms with Crippen molar-refractivity contribution in [3.8, 4) is 0 Å². The van der Waals surface area contributed by atoms with Gasteiger partial charge in [0.05, 0.1) is 11.1 Å². The van der Waals surface area contributed by atoms with Crippen molar-refractivity contribution < 1.29 is 41.8 Å². The van der Waals surface area contributed by atoms with Gasteiger partial charge in [0.1, 0.15) is 17.1 Å². The maximum atomic E-state index is 14.7. The number of unbranched alkanes of at least 4 members (excludes halogenated alkanes) is 1. The molecular weight excluding hydrogens is 678 g/mol. The number of fused-ring (bicyclic) bond motifs is 3. The highest BCUT2D eigenvalue weighted by molar-refractivity contribution is 5.99. The number of H-pyrrole nitrogens is 1. The smallest absolute Gasteiger partial charge is 0.396 e. The maximum absolute atomic E-state index is 14.7. The van der Waals surface area contributed by atoms with Gasteiger partial charge in [-0.2, -0.15) is 13.2 Å². The summed E-state index contributed by atoms with van der Waals surface area (Å²) in [7, 11) is 0. The molecule has 0 fully saturated rings. The van der Waals surface area contributed by atoms with Crippen LogP contribution in [0.5, 0.6) is 0 Å². The molecule has 1 heterocycles. The number of amides is 2. The average molecular weight is 730 g/mol. The van der Waals surface area contributed by atoms with Crippen LogP contribution in [0.2, 0.25) is 0 Å². The molecule has 0 saturated heterocycles. The zero-order valence-electron chi connectivity index (χ0n) is 30.4. The Morgan fingerprint density at radius 1 is 0.923 bits per heavy atom. The van der Waals surface area contributed by atoms with E-state index < -0.39 is 46.6 Å². The van der Waals surface area contributed by atoms with Gasteiger partial charge < -0.3 is 20.7 Å². The molecule has 0 spiro atoms. The number of aryl methyl sites for hydroxylation is 1. The predicted molar refractivity (Wildman–Crippen MR) is 191 cm³/mol. The number of benzene rings is 2. The van der Waals surface area contributed by atoms with Gasteiger partial charge in [-0.05, 0) is 60.8 Å². The SMILES string of the molecule is CCC(C)[C@H](CC(=O)[C@@]1(NC(=O)[C@@H](CC(=O)Cc2ccccc2F)C(C)CC)CCc2[nH]c3c(C(F)(F)F)cccc3c2C1)C(=O)NCCCCO. The number of para-hydroxylation sites is 1. The van der Waals surface area contributed by atoms with E-state index in [0.717, 1.165) is 6.07 Å². The number of halogens is 4. The third-order valence-electron chi connectivity index (χ3n) is 10.9. The summed E-state index contributed by atoms with van der Waals surface area (Å²) in [5.74, 6) is -4.26. The van der Waals surface area contributed by atoms with E-state index in [2.05, 4.69) is 15.6 Å². The minimum Gasteiger partial charge on any atom is -0.396 e. The maximum Gasteiger partial charge on any atom is 0.418 e. The topological polar surface area (TPSA) is 128 Å². The van der Waals surface area contributed by atoms with E-state index in [1.807, 2.05) is 27.7 Å². The Hall–Kier alpha value is -4.06. The van der Waals surface area contributed by atoms with Crippen LogP contribution in [0.4, 0.5) is 17.6 Å². The number of aliphatic hydroxyl groups excluding tert-OH is 1. The Labute approximate surface area is 302 Å². The van der Waals surface area contributed by atoms with Gasteiger partial charge in [0.2, 0.25) is 11.8 Å². The summed E-state index contributed by atoms with van der Waals surface area (Å²) in [5, 5.41) is 15.3. The summed E-state index contributed by atoms with van der Waals surface area (Å²) in [5.41, 5.74) is -1.25. The molecule has 0 radical (unpaired) electrons. The summed E-state index contributed by atoms with van der Waals surface area (Å²) >= 11 is 0. The number of ketones is 2. The van der Waals surface area contributed by atoms with E-state index in [1.165, 1.54) is 24.3 Å². The number of carbonyl (C=O) groups excluding carboxylic acids is 4. The molecule has 284 valence electrons. The highest BCUT2D eigenvalue weighted by Crippen LogP contribution is 2.41. The first-order valence-corrected chi connectivity index (χ1v) is 18.3. The van der Waals surface area contributed by atoms with Crippen LogP contribution in [-0.4, -0.2) is 52.2 Å². The lowest BCUT2D eigenvalue weighted by Crippen LogP contribution is -2.60. The van der Waals surface area contributed by atoms with Crippen molar-refractivity contribution in [2.24, 2.45) is 23.7 Å². The fraction of sp³-hybridized carbons (Fsp3) is 0.550. The van der Waals surface area contributed by atoms with Crippen molar-refractivity contribution in [3.63, 3.8) is 0 Å². The summed E-state index contributed by atoms with van der Waals surface area (Å²) in [4.78, 5) is 58.7. The number of hydrogen-bond donors (Lipinski definition) is 4. The number of aromatic nitrogens is 1. The van der Waals surface area contributed by atoms with Crippen LogP contribution in [0.3, 0.4) is 0 Å². The molecule has 1 aromatic heterocycles. The van der Waals surface area contributed by atoms with Crippen molar-refractivity contribution in [2.75, 3.05) is 13.2 Å². The Bertz CT molecular complexity index is 1740. The Morgan fingerprint density at radius 3 is 2.23 bits per heavy atom. The third kappa shape index (κ3) is 9.48. The van der Waals surface area contributed by atoms with Crippen LogP contribution in [0, 0.1) is 29.5 Å². The van der Waals surface area contributed by atoms with E-state index in [1.54, 1.807) is 12.1 Å². The Morgan fingerprint density at radius 2 is 1.60 bits per heavy atom. The fourth-order valence-electron chi connectivity index (χ4n) is 7.27. The normalized spacial score (nSPS) is 18.2. The number of aliphatic hydroxyl groups is 1. The number of nitrogens with one attached hydrogen (secondary N) is 3. The van der Waals surface area contributed by atoms with Crippen LogP contribution in [0.25, 0.3) is 10.9 Å². The van der Waals surface area contributed by atoms with E-state index in [4.69, 9.17) is 5.11 Å². The first-order chi connectivity index (χ1) is 24.6. The van der Waals surface area contributed by atoms with Gasteiger partial charge in [-0.25, -0.2) is 4.39 Å². The molecule has 8 nitrogen and oxygen atoms in total. The van der Waals surface area contributed by atoms with E-state index in [0.29, 0.717) is 48.9 Å². The molecule has 1 aliphatic carbocycles. The van der Waals surface area contributed by atoms with Gasteiger partial charge in [-0.15, -0.1) is 0 Å². The third-order valence-corrected chi connectivity index (χ3v) is 10.9. The second-order valence-corrected chi connectivity index (χ2v) is 14.4. The molecule has 1 aliphatic rings. The van der Waals surface area contributed by atoms with Crippen LogP contribution >= 0.6 is 0 Å². The van der Waals surface area contributed by atoms with Gasteiger partial charge in [0.25, 0.3) is 0 Å². The zero-order valence-corrected chi connectivity index (χ0v) is 30.4. The quantitative estimate of drug-likeness (QED) is 0.0825. The van der Waals surface area contributed by atoms with Gasteiger partial charge in [-0.3, -0.25) is 19.2 Å². The molecule has 3 aromatic rings. The molecule has 4 N–H and O–H groups in total. The highest BCUT2D eigenvalue weighted by Gasteiger charge is 2.47. The number of Topliss-reactive ketones (excluding diaryl/α,β-unsaturated/α-hetero) is 2. The average Bonchev–Trinajstić information content (AvgIpc) is 3.48. The van der Waals surface area contributed by atoms with Crippen molar-refractivity contribution in [1.29, 1.82) is 0 Å². The second-order valence-electron chi connectivity index (χ2n) is 14.4. The molecule has 0 aliphatic heterocycles. The largest absolute Gasteiger partial charge is 0.418 e. The van der Waals surface area contributed by atoms with Gasteiger partial charge in [-0.1, -0.05) is 70.9 Å². The van der Waals surface area contributed by atoms with Gasteiger partial charge >= 0.3 is 6.18 Å². The van der Waals surface area contributed by atoms with Crippen molar-refractivity contribution in [1.82, 2.24) is 15.6 Å². The Balaban J connectivity index is 1.72. The fourth-order valence-corrected chi connectivity index (χ4v) is 7.27. The van der Waals surface area contributed by atoms with Crippen LogP contribution in [-0.2, 0) is 44.6 Å². The zero-order chi connectivity index (χ0) is 38.2. The number of alkyl halides is 3. The molecule has 4 rings (SSSR count). The highest BCUT2D eigenvalue weighted by atomic mass is 19.4. The summed E-state index contributed by atoms with van der Waals surface area (Å²) in [6, 6.07) is 9.80. The van der Waals surface area contributed by atoms with Gasteiger partial charge in [0, 0.05) is 61.8 Å². The molecule has 0 saturated carbocycles. The van der Waals surface area contributed by atoms with E-state index >= 15 is 0 Å². The molecule has 2 aromatic carbocycles. The van der Waals surface area contributed by atoms with Crippen LogP contribution in [0.1, 0.15) is 95.0 Å². The van der Waals surface area contributed by atoms with Crippen molar-refractivity contribution in [3.05, 3.63) is 70.7 Å². The lowest BCUT2D eigenvalue weighted by molar-refractivity contribution is -0.139. The minimum atomic E-state index is -4.62. The first-order valence-electron chi connectivity index (χ1n) is 18.3. The number of aromatic amines is 1. The molecule has 0 bridgehead atoms. The molecule has 5 atom stereocenters. The standard InChI is InChI=1S/C40H51F4N3O5/c1-5-24(3)29(21-27(49)20-26-12-7-8-15-33(26)41)38(52)47-39(35(50)22-30(25(4)6-2)37(51)45-18-9-10-19-48)17-16-34-31(23-39)28-13-11-14-32(36(28)46-34)40(42,43)44/h7-8,11-15,24-25,29-30,46,48H,5-6,9-10,16-23H2,1-4H3,(H,45,51)(H,47,52)/t24?,25?,29-,30-,39+/m0/s1. The summed E-state index contributed by atoms with van der Waals surface area (Å²) < 4.78 is 56.5. The molecular formula is C40H51F4N3O5. The number of hydrogen-bond acceptors (Lipinski definition) is 5. The summed E-state index contributed by atoms with van der Waals surface area (Å²) in [6.45, 7) is 7.78. The molecule has 2 amide bonds. The summed E-state index contributed by atoms with van der Waals surface area (Å²) in [6.07, 6.45) is -2.93. The number of rotatable bonds is 18. The number of carbonyl (C=O) groups is 4. The van der Waals surface area contributed by atoms with E-state index in [-0.39, 0.29) is 79.7 Å². The first kappa shape index (κ1) is 40.7. The van der Waals surface area contributed by atoms with Gasteiger partial charge in [0.15, 0.2) is 5.78 Å². The van der Waals surface area contributed by atoms with Crippen LogP contribution in [0.15, 0.2) is 42.5 Å².